The van der Waals surface area contributed by atoms with Gasteiger partial charge in [-0.1, -0.05) is 13.8 Å². The van der Waals surface area contributed by atoms with Crippen molar-refractivity contribution in [2.24, 2.45) is 5.41 Å². The van der Waals surface area contributed by atoms with Crippen LogP contribution in [0.25, 0.3) is 0 Å². The van der Waals surface area contributed by atoms with Crippen LogP contribution in [0.3, 0.4) is 0 Å². The Balaban J connectivity index is 3.96. The van der Waals surface area contributed by atoms with E-state index >= 15 is 0 Å². The van der Waals surface area contributed by atoms with E-state index in [1.807, 2.05) is 13.8 Å². The van der Waals surface area contributed by atoms with Crippen LogP contribution in [0.4, 0.5) is 0 Å². The van der Waals surface area contributed by atoms with Crippen molar-refractivity contribution in [1.29, 1.82) is 0 Å². The Morgan fingerprint density at radius 1 is 1.35 bits per heavy atom. The van der Waals surface area contributed by atoms with Crippen molar-refractivity contribution in [3.63, 3.8) is 0 Å². The highest BCUT2D eigenvalue weighted by Gasteiger charge is 2.25. The van der Waals surface area contributed by atoms with E-state index in [-0.39, 0.29) is 24.9 Å². The molecule has 0 aliphatic rings. The van der Waals surface area contributed by atoms with Crippen LogP contribution in [0, 0.1) is 5.41 Å². The van der Waals surface area contributed by atoms with Gasteiger partial charge in [0.05, 0.1) is 12.5 Å². The molecule has 0 saturated heterocycles. The van der Waals surface area contributed by atoms with Gasteiger partial charge in [0.2, 0.25) is 5.91 Å². The monoisotopic (exact) mass is 245 g/mol. The maximum atomic E-state index is 11.6. The van der Waals surface area contributed by atoms with Gasteiger partial charge in [-0.15, -0.1) is 0 Å². The van der Waals surface area contributed by atoms with E-state index in [0.29, 0.717) is 13.2 Å². The predicted molar refractivity (Wildman–Crippen MR) is 64.7 cm³/mol. The van der Waals surface area contributed by atoms with Gasteiger partial charge in [-0.3, -0.25) is 9.59 Å². The normalized spacial score (nSPS) is 13.2. The summed E-state index contributed by atoms with van der Waals surface area (Å²) in [5.74, 6) is -1.02. The summed E-state index contributed by atoms with van der Waals surface area (Å²) in [7, 11) is 0. The average Bonchev–Trinajstić information content (AvgIpc) is 2.12. The molecule has 0 heterocycles. The molecule has 0 aromatic rings. The molecule has 0 aromatic carbocycles. The van der Waals surface area contributed by atoms with Crippen LogP contribution in [0.1, 0.15) is 40.5 Å². The second kappa shape index (κ2) is 7.27. The minimum atomic E-state index is -0.884. The number of carbonyl (C=O) groups excluding carboxylic acids is 1. The molecule has 5 nitrogen and oxygen atoms in total. The molecular formula is C12H23NO4. The summed E-state index contributed by atoms with van der Waals surface area (Å²) in [6.07, 6.45) is 0.172. The van der Waals surface area contributed by atoms with Crippen molar-refractivity contribution in [2.75, 3.05) is 13.2 Å². The lowest BCUT2D eigenvalue weighted by Gasteiger charge is -2.22. The van der Waals surface area contributed by atoms with Gasteiger partial charge < -0.3 is 15.2 Å². The molecule has 0 fully saturated rings. The number of hydrogen-bond donors (Lipinski definition) is 2. The van der Waals surface area contributed by atoms with Gasteiger partial charge >= 0.3 is 5.97 Å². The number of carboxylic acids is 1. The number of carbonyl (C=O) groups is 2. The molecule has 0 aromatic heterocycles. The first kappa shape index (κ1) is 15.9. The number of hydrogen-bond acceptors (Lipinski definition) is 3. The highest BCUT2D eigenvalue weighted by molar-refractivity contribution is 5.77. The second-order valence-electron chi connectivity index (χ2n) is 4.98. The van der Waals surface area contributed by atoms with Crippen LogP contribution in [-0.2, 0) is 14.3 Å². The maximum Gasteiger partial charge on any atom is 0.303 e. The smallest absolute Gasteiger partial charge is 0.303 e. The van der Waals surface area contributed by atoms with E-state index in [1.54, 1.807) is 13.8 Å². The summed E-state index contributed by atoms with van der Waals surface area (Å²) in [6.45, 7) is 8.39. The molecule has 17 heavy (non-hydrogen) atoms. The van der Waals surface area contributed by atoms with Gasteiger partial charge in [0.25, 0.3) is 0 Å². The topological polar surface area (TPSA) is 75.6 Å². The molecule has 0 aliphatic heterocycles. The predicted octanol–water partition coefficient (Wildman–Crippen LogP) is 1.42. The molecule has 1 atom stereocenters. The Morgan fingerprint density at radius 2 is 1.94 bits per heavy atom. The van der Waals surface area contributed by atoms with E-state index in [0.717, 1.165) is 0 Å². The van der Waals surface area contributed by atoms with E-state index in [9.17, 15) is 9.59 Å². The summed E-state index contributed by atoms with van der Waals surface area (Å²) in [4.78, 5) is 22.2. The molecule has 0 rings (SSSR count). The third-order valence-electron chi connectivity index (χ3n) is 2.31. The molecule has 1 amide bonds. The van der Waals surface area contributed by atoms with Crippen LogP contribution in [0.5, 0.6) is 0 Å². The van der Waals surface area contributed by atoms with Crippen LogP contribution in [0.2, 0.25) is 0 Å². The number of carboxylic acid groups (broad SMARTS) is 1. The first-order valence-electron chi connectivity index (χ1n) is 5.87. The van der Waals surface area contributed by atoms with Crippen molar-refractivity contribution in [3.05, 3.63) is 0 Å². The van der Waals surface area contributed by atoms with Crippen LogP contribution in [-0.4, -0.2) is 36.2 Å². The average molecular weight is 245 g/mol. The van der Waals surface area contributed by atoms with Crippen molar-refractivity contribution in [1.82, 2.24) is 5.32 Å². The molecule has 0 bridgehead atoms. The molecule has 0 spiro atoms. The van der Waals surface area contributed by atoms with Crippen LogP contribution < -0.4 is 5.32 Å². The second-order valence-corrected chi connectivity index (χ2v) is 4.98. The summed E-state index contributed by atoms with van der Waals surface area (Å²) >= 11 is 0. The lowest BCUT2D eigenvalue weighted by Crippen LogP contribution is -2.35. The number of nitrogens with one attached hydrogen (secondary N) is 1. The zero-order valence-corrected chi connectivity index (χ0v) is 11.1. The van der Waals surface area contributed by atoms with Gasteiger partial charge in [0, 0.05) is 19.6 Å². The molecule has 1 unspecified atom stereocenters. The molecule has 0 radical (unpaired) electrons. The summed E-state index contributed by atoms with van der Waals surface area (Å²) in [5.41, 5.74) is -0.523. The van der Waals surface area contributed by atoms with Gasteiger partial charge in [-0.25, -0.2) is 0 Å². The van der Waals surface area contributed by atoms with Crippen molar-refractivity contribution < 1.29 is 19.4 Å². The Kier molecular flexibility index (Phi) is 6.80. The van der Waals surface area contributed by atoms with Crippen LogP contribution >= 0.6 is 0 Å². The Hall–Kier alpha value is -1.10. The van der Waals surface area contributed by atoms with Crippen LogP contribution in [0.15, 0.2) is 0 Å². The number of aliphatic carboxylic acids is 1. The quantitative estimate of drug-likeness (QED) is 0.678. The van der Waals surface area contributed by atoms with E-state index in [4.69, 9.17) is 9.84 Å². The van der Waals surface area contributed by atoms with Gasteiger partial charge in [-0.2, -0.15) is 0 Å². The third kappa shape index (κ3) is 8.68. The first-order chi connectivity index (χ1) is 7.76. The van der Waals surface area contributed by atoms with E-state index in [2.05, 4.69) is 5.32 Å². The fourth-order valence-electron chi connectivity index (χ4n) is 1.57. The highest BCUT2D eigenvalue weighted by atomic mass is 16.5. The van der Waals surface area contributed by atoms with Crippen molar-refractivity contribution >= 4 is 11.9 Å². The molecular weight excluding hydrogens is 222 g/mol. The molecule has 2 N–H and O–H groups in total. The number of amides is 1. The van der Waals surface area contributed by atoms with E-state index in [1.165, 1.54) is 0 Å². The zero-order valence-electron chi connectivity index (χ0n) is 11.1. The molecule has 0 aliphatic carbocycles. The summed E-state index contributed by atoms with van der Waals surface area (Å²) in [5, 5.41) is 11.4. The van der Waals surface area contributed by atoms with Gasteiger partial charge in [0.1, 0.15) is 0 Å². The fraction of sp³-hybridized carbons (Fsp3) is 0.833. The SMILES string of the molecule is CCOC(C)CNC(=O)CC(C)(C)CC(=O)O. The number of rotatable bonds is 8. The minimum absolute atomic E-state index is 0.0125. The Bertz CT molecular complexity index is 263. The zero-order chi connectivity index (χ0) is 13.5. The van der Waals surface area contributed by atoms with Crippen molar-refractivity contribution in [3.8, 4) is 0 Å². The van der Waals surface area contributed by atoms with Gasteiger partial charge in [-0.05, 0) is 19.3 Å². The minimum Gasteiger partial charge on any atom is -0.481 e. The number of ether oxygens (including phenoxy) is 1. The maximum absolute atomic E-state index is 11.6. The lowest BCUT2D eigenvalue weighted by molar-refractivity contribution is -0.139. The third-order valence-corrected chi connectivity index (χ3v) is 2.31. The molecule has 0 saturated carbocycles. The molecule has 100 valence electrons. The lowest BCUT2D eigenvalue weighted by atomic mass is 9.85. The summed E-state index contributed by atoms with van der Waals surface area (Å²) in [6, 6.07) is 0. The first-order valence-corrected chi connectivity index (χ1v) is 5.87. The summed E-state index contributed by atoms with van der Waals surface area (Å²) < 4.78 is 5.28. The largest absolute Gasteiger partial charge is 0.481 e. The Labute approximate surface area is 103 Å². The standard InChI is InChI=1S/C12H23NO4/c1-5-17-9(2)8-13-10(14)6-12(3,4)7-11(15)16/h9H,5-8H2,1-4H3,(H,13,14)(H,15,16). The van der Waals surface area contributed by atoms with E-state index < -0.39 is 11.4 Å². The van der Waals surface area contributed by atoms with Gasteiger partial charge in [0.15, 0.2) is 0 Å². The molecule has 5 heteroatoms. The fourth-order valence-corrected chi connectivity index (χ4v) is 1.57. The Morgan fingerprint density at radius 3 is 2.41 bits per heavy atom. The highest BCUT2D eigenvalue weighted by Crippen LogP contribution is 2.24. The van der Waals surface area contributed by atoms with Crippen molar-refractivity contribution in [2.45, 2.75) is 46.6 Å².